The lowest BCUT2D eigenvalue weighted by atomic mass is 10.1. The number of halogens is 1. The van der Waals surface area contributed by atoms with Crippen molar-refractivity contribution < 1.29 is 8.42 Å². The lowest BCUT2D eigenvalue weighted by Crippen LogP contribution is -2.32. The number of aromatic nitrogens is 1. The van der Waals surface area contributed by atoms with E-state index in [1.54, 1.807) is 12.1 Å². The second kappa shape index (κ2) is 4.70. The monoisotopic (exact) mass is 275 g/mol. The first-order valence-corrected chi connectivity index (χ1v) is 7.54. The Labute approximate surface area is 105 Å². The molecule has 1 aliphatic rings. The molecule has 2 heterocycles. The van der Waals surface area contributed by atoms with Crippen LogP contribution in [0.4, 0.5) is 11.5 Å². The van der Waals surface area contributed by atoms with Crippen LogP contribution in [0.25, 0.3) is 0 Å². The third-order valence-electron chi connectivity index (χ3n) is 2.72. The minimum absolute atomic E-state index is 0.115. The molecule has 1 saturated heterocycles. The second-order valence-corrected chi connectivity index (χ2v) is 6.87. The summed E-state index contributed by atoms with van der Waals surface area (Å²) in [4.78, 5) is 4.09. The van der Waals surface area contributed by atoms with Crippen molar-refractivity contribution in [2.75, 3.05) is 22.6 Å². The van der Waals surface area contributed by atoms with Gasteiger partial charge in [0.2, 0.25) is 0 Å². The van der Waals surface area contributed by atoms with Crippen molar-refractivity contribution in [3.05, 3.63) is 17.3 Å². The molecule has 0 saturated carbocycles. The van der Waals surface area contributed by atoms with Gasteiger partial charge in [-0.25, -0.2) is 13.4 Å². The highest BCUT2D eigenvalue weighted by Crippen LogP contribution is 2.20. The average molecular weight is 276 g/mol. The molecular weight excluding hydrogens is 262 g/mol. The predicted octanol–water partition coefficient (Wildman–Crippen LogP) is 1.31. The molecule has 0 amide bonds. The molecule has 1 fully saturated rings. The van der Waals surface area contributed by atoms with Crippen LogP contribution in [-0.2, 0) is 9.84 Å². The summed E-state index contributed by atoms with van der Waals surface area (Å²) in [6.07, 6.45) is 1.19. The van der Waals surface area contributed by atoms with Crippen LogP contribution in [0.2, 0.25) is 5.15 Å². The summed E-state index contributed by atoms with van der Waals surface area (Å²) in [6, 6.07) is 3.37. The second-order valence-electron chi connectivity index (χ2n) is 4.18. The van der Waals surface area contributed by atoms with E-state index in [0.717, 1.165) is 0 Å². The molecule has 2 rings (SSSR count). The average Bonchev–Trinajstić information content (AvgIpc) is 2.20. The summed E-state index contributed by atoms with van der Waals surface area (Å²) < 4.78 is 22.5. The van der Waals surface area contributed by atoms with Crippen molar-refractivity contribution >= 4 is 32.9 Å². The first-order valence-electron chi connectivity index (χ1n) is 5.35. The molecule has 0 spiro atoms. The van der Waals surface area contributed by atoms with E-state index in [4.69, 9.17) is 17.3 Å². The topological polar surface area (TPSA) is 85.1 Å². The van der Waals surface area contributed by atoms with Crippen molar-refractivity contribution in [1.29, 1.82) is 0 Å². The maximum absolute atomic E-state index is 11.3. The van der Waals surface area contributed by atoms with E-state index >= 15 is 0 Å². The van der Waals surface area contributed by atoms with Gasteiger partial charge in [-0.2, -0.15) is 0 Å². The normalized spacial score (nSPS) is 20.1. The SMILES string of the molecule is Nc1cc(Cl)nc(NC2CCS(=O)(=O)CC2)c1. The molecule has 94 valence electrons. The van der Waals surface area contributed by atoms with Crippen LogP contribution >= 0.6 is 11.6 Å². The number of anilines is 2. The Kier molecular flexibility index (Phi) is 3.44. The molecule has 5 nitrogen and oxygen atoms in total. The lowest BCUT2D eigenvalue weighted by Gasteiger charge is -2.23. The molecule has 7 heteroatoms. The standard InChI is InChI=1S/C10H14ClN3O2S/c11-9-5-7(12)6-10(14-9)13-8-1-3-17(15,16)4-2-8/h5-6,8H,1-4H2,(H3,12,13,14). The van der Waals surface area contributed by atoms with Gasteiger partial charge in [0.05, 0.1) is 11.5 Å². The van der Waals surface area contributed by atoms with Crippen molar-refractivity contribution in [3.8, 4) is 0 Å². The molecule has 3 N–H and O–H groups in total. The molecule has 0 aliphatic carbocycles. The number of nitrogens with zero attached hydrogens (tertiary/aromatic N) is 1. The molecule has 17 heavy (non-hydrogen) atoms. The first-order chi connectivity index (χ1) is 7.94. The van der Waals surface area contributed by atoms with Gasteiger partial charge in [-0.05, 0) is 18.9 Å². The van der Waals surface area contributed by atoms with Gasteiger partial charge in [-0.15, -0.1) is 0 Å². The highest BCUT2D eigenvalue weighted by atomic mass is 35.5. The van der Waals surface area contributed by atoms with Crippen LogP contribution in [0, 0.1) is 0 Å². The molecule has 0 radical (unpaired) electrons. The van der Waals surface area contributed by atoms with Crippen molar-refractivity contribution in [1.82, 2.24) is 4.98 Å². The lowest BCUT2D eigenvalue weighted by molar-refractivity contribution is 0.559. The van der Waals surface area contributed by atoms with Crippen LogP contribution in [0.3, 0.4) is 0 Å². The molecule has 0 atom stereocenters. The summed E-state index contributed by atoms with van der Waals surface area (Å²) in [6.45, 7) is 0. The third-order valence-corrected chi connectivity index (χ3v) is 4.63. The fraction of sp³-hybridized carbons (Fsp3) is 0.500. The molecule has 0 unspecified atom stereocenters. The molecule has 0 aromatic carbocycles. The number of hydrogen-bond acceptors (Lipinski definition) is 5. The van der Waals surface area contributed by atoms with Gasteiger partial charge in [-0.3, -0.25) is 0 Å². The number of nitrogens with two attached hydrogens (primary N) is 1. The zero-order valence-electron chi connectivity index (χ0n) is 9.19. The zero-order valence-corrected chi connectivity index (χ0v) is 10.8. The van der Waals surface area contributed by atoms with E-state index in [1.165, 1.54) is 0 Å². The Morgan fingerprint density at radius 2 is 2.00 bits per heavy atom. The third kappa shape index (κ3) is 3.47. The number of hydrogen-bond donors (Lipinski definition) is 2. The van der Waals surface area contributed by atoms with E-state index in [9.17, 15) is 8.42 Å². The minimum Gasteiger partial charge on any atom is -0.399 e. The minimum atomic E-state index is -2.84. The van der Waals surface area contributed by atoms with Crippen molar-refractivity contribution in [3.63, 3.8) is 0 Å². The summed E-state index contributed by atoms with van der Waals surface area (Å²) in [5, 5.41) is 3.49. The highest BCUT2D eigenvalue weighted by molar-refractivity contribution is 7.91. The maximum Gasteiger partial charge on any atom is 0.150 e. The maximum atomic E-state index is 11.3. The number of rotatable bonds is 2. The molecule has 1 aliphatic heterocycles. The van der Waals surface area contributed by atoms with E-state index < -0.39 is 9.84 Å². The Bertz CT molecular complexity index is 484. The number of pyridine rings is 1. The van der Waals surface area contributed by atoms with Gasteiger partial charge in [0.25, 0.3) is 0 Å². The smallest absolute Gasteiger partial charge is 0.150 e. The quantitative estimate of drug-likeness (QED) is 0.795. The van der Waals surface area contributed by atoms with E-state index in [2.05, 4.69) is 10.3 Å². The van der Waals surface area contributed by atoms with Crippen LogP contribution in [0.1, 0.15) is 12.8 Å². The summed E-state index contributed by atoms with van der Waals surface area (Å²) >= 11 is 5.79. The first kappa shape index (κ1) is 12.4. The Balaban J connectivity index is 2.02. The van der Waals surface area contributed by atoms with E-state index in [-0.39, 0.29) is 17.5 Å². The van der Waals surface area contributed by atoms with Gasteiger partial charge in [-0.1, -0.05) is 11.6 Å². The van der Waals surface area contributed by atoms with Crippen LogP contribution in [0.5, 0.6) is 0 Å². The fourth-order valence-electron chi connectivity index (χ4n) is 1.83. The van der Waals surface area contributed by atoms with Crippen molar-refractivity contribution in [2.45, 2.75) is 18.9 Å². The summed E-state index contributed by atoms with van der Waals surface area (Å²) in [7, 11) is -2.84. The predicted molar refractivity (Wildman–Crippen MR) is 69.0 cm³/mol. The van der Waals surface area contributed by atoms with Crippen LogP contribution in [0.15, 0.2) is 12.1 Å². The molecule has 1 aromatic heterocycles. The van der Waals surface area contributed by atoms with Crippen LogP contribution < -0.4 is 11.1 Å². The number of nitrogen functional groups attached to an aromatic ring is 1. The van der Waals surface area contributed by atoms with Crippen LogP contribution in [-0.4, -0.2) is 30.9 Å². The van der Waals surface area contributed by atoms with Gasteiger partial charge < -0.3 is 11.1 Å². The zero-order chi connectivity index (χ0) is 12.5. The van der Waals surface area contributed by atoms with Gasteiger partial charge >= 0.3 is 0 Å². The van der Waals surface area contributed by atoms with E-state index in [1.807, 2.05) is 0 Å². The van der Waals surface area contributed by atoms with Gasteiger partial charge in [0, 0.05) is 17.8 Å². The summed E-state index contributed by atoms with van der Waals surface area (Å²) in [5.41, 5.74) is 6.19. The van der Waals surface area contributed by atoms with Gasteiger partial charge in [0.15, 0.2) is 0 Å². The molecule has 0 bridgehead atoms. The van der Waals surface area contributed by atoms with E-state index in [0.29, 0.717) is 29.5 Å². The number of nitrogens with one attached hydrogen (secondary N) is 1. The summed E-state index contributed by atoms with van der Waals surface area (Å²) in [5.74, 6) is 1.04. The molecular formula is C10H14ClN3O2S. The molecule has 1 aromatic rings. The number of sulfone groups is 1. The fourth-order valence-corrected chi connectivity index (χ4v) is 3.54. The van der Waals surface area contributed by atoms with Gasteiger partial charge in [0.1, 0.15) is 20.8 Å². The largest absolute Gasteiger partial charge is 0.399 e. The Morgan fingerprint density at radius 1 is 1.35 bits per heavy atom. The highest BCUT2D eigenvalue weighted by Gasteiger charge is 2.23. The Morgan fingerprint density at radius 3 is 2.59 bits per heavy atom. The van der Waals surface area contributed by atoms with Crippen molar-refractivity contribution in [2.24, 2.45) is 0 Å². The Hall–Kier alpha value is -1.01.